The summed E-state index contributed by atoms with van der Waals surface area (Å²) < 4.78 is 5.45. The van der Waals surface area contributed by atoms with Gasteiger partial charge in [0.1, 0.15) is 18.0 Å². The van der Waals surface area contributed by atoms with Crippen molar-refractivity contribution in [3.63, 3.8) is 0 Å². The van der Waals surface area contributed by atoms with Crippen LogP contribution in [0.3, 0.4) is 0 Å². The molecule has 0 radical (unpaired) electrons. The molecule has 4 heteroatoms. The van der Waals surface area contributed by atoms with Crippen molar-refractivity contribution in [2.24, 2.45) is 0 Å². The summed E-state index contributed by atoms with van der Waals surface area (Å²) in [6, 6.07) is 7.28. The van der Waals surface area contributed by atoms with Gasteiger partial charge in [0, 0.05) is 12.1 Å². The van der Waals surface area contributed by atoms with Crippen molar-refractivity contribution in [1.82, 2.24) is 0 Å². The first-order chi connectivity index (χ1) is 7.08. The van der Waals surface area contributed by atoms with Gasteiger partial charge in [-0.05, 0) is 26.0 Å². The number of carboxylic acid groups (broad SMARTS) is 1. The average molecular weight is 209 g/mol. The van der Waals surface area contributed by atoms with Crippen LogP contribution in [0.15, 0.2) is 24.3 Å². The molecule has 2 N–H and O–H groups in total. The summed E-state index contributed by atoms with van der Waals surface area (Å²) in [7, 11) is 0. The Balaban J connectivity index is 2.52. The van der Waals surface area contributed by atoms with E-state index in [1.54, 1.807) is 5.32 Å². The maximum atomic E-state index is 10.2. The van der Waals surface area contributed by atoms with Crippen molar-refractivity contribution in [3.8, 4) is 5.75 Å². The van der Waals surface area contributed by atoms with Crippen LogP contribution >= 0.6 is 0 Å². The Morgan fingerprint density at radius 3 is 2.47 bits per heavy atom. The number of aliphatic carboxylic acids is 1. The molecular formula is C11H15NO3. The number of quaternary nitrogens is 1. The Bertz CT molecular complexity index is 319. The molecule has 0 aliphatic carbocycles. The number of hydrogen-bond acceptors (Lipinski definition) is 3. The second-order valence-corrected chi connectivity index (χ2v) is 3.52. The van der Waals surface area contributed by atoms with Gasteiger partial charge in [-0.15, -0.1) is 0 Å². The van der Waals surface area contributed by atoms with Gasteiger partial charge in [0.2, 0.25) is 0 Å². The fourth-order valence-electron chi connectivity index (χ4n) is 1.16. The normalized spacial score (nSPS) is 10.3. The zero-order valence-corrected chi connectivity index (χ0v) is 8.90. The molecule has 0 saturated heterocycles. The third kappa shape index (κ3) is 4.46. The second kappa shape index (κ2) is 5.36. The molecule has 0 fully saturated rings. The predicted molar refractivity (Wildman–Crippen MR) is 53.7 cm³/mol. The minimum absolute atomic E-state index is 0.0651. The molecule has 82 valence electrons. The van der Waals surface area contributed by atoms with Crippen LogP contribution < -0.4 is 15.2 Å². The molecule has 0 saturated carbocycles. The monoisotopic (exact) mass is 209 g/mol. The molecule has 0 atom stereocenters. The minimum atomic E-state index is -1.07. The van der Waals surface area contributed by atoms with Crippen LogP contribution in [0.5, 0.6) is 5.75 Å². The summed E-state index contributed by atoms with van der Waals surface area (Å²) in [5, 5.41) is 11.8. The van der Waals surface area contributed by atoms with E-state index in [9.17, 15) is 9.90 Å². The quantitative estimate of drug-likeness (QED) is 0.660. The Labute approximate surface area is 88.9 Å². The second-order valence-electron chi connectivity index (χ2n) is 3.52. The zero-order valence-electron chi connectivity index (χ0n) is 8.90. The highest BCUT2D eigenvalue weighted by Gasteiger charge is 2.00. The molecule has 0 aliphatic rings. The fourth-order valence-corrected chi connectivity index (χ4v) is 1.16. The van der Waals surface area contributed by atoms with Gasteiger partial charge in [0.15, 0.2) is 0 Å². The van der Waals surface area contributed by atoms with Crippen LogP contribution in [-0.4, -0.2) is 18.6 Å². The largest absolute Gasteiger partial charge is 0.544 e. The van der Waals surface area contributed by atoms with E-state index in [2.05, 4.69) is 0 Å². The van der Waals surface area contributed by atoms with Crippen molar-refractivity contribution in [3.05, 3.63) is 24.3 Å². The van der Waals surface area contributed by atoms with Crippen LogP contribution in [0.4, 0.5) is 5.69 Å². The molecule has 0 aromatic heterocycles. The van der Waals surface area contributed by atoms with Gasteiger partial charge in [-0.2, -0.15) is 0 Å². The molecule has 0 amide bonds. The number of ether oxygens (including phenoxy) is 1. The summed E-state index contributed by atoms with van der Waals surface area (Å²) in [5.41, 5.74) is 0.857. The van der Waals surface area contributed by atoms with Crippen molar-refractivity contribution >= 4 is 11.7 Å². The van der Waals surface area contributed by atoms with Crippen molar-refractivity contribution < 1.29 is 20.0 Å². The summed E-state index contributed by atoms with van der Waals surface area (Å²) in [4.78, 5) is 10.2. The molecule has 0 bridgehead atoms. The average Bonchev–Trinajstić information content (AvgIpc) is 2.16. The van der Waals surface area contributed by atoms with Crippen LogP contribution in [0.25, 0.3) is 0 Å². The van der Waals surface area contributed by atoms with Crippen molar-refractivity contribution in [2.45, 2.75) is 20.0 Å². The number of nitrogens with two attached hydrogens (primary N) is 1. The lowest BCUT2D eigenvalue weighted by atomic mass is 10.3. The van der Waals surface area contributed by atoms with Gasteiger partial charge in [0.05, 0.1) is 12.1 Å². The summed E-state index contributed by atoms with van der Waals surface area (Å²) in [5.74, 6) is -0.284. The van der Waals surface area contributed by atoms with Gasteiger partial charge >= 0.3 is 0 Å². The molecule has 0 unspecified atom stereocenters. The number of carbonyl (C=O) groups excluding carboxylic acids is 1. The fraction of sp³-hybridized carbons (Fsp3) is 0.364. The summed E-state index contributed by atoms with van der Waals surface area (Å²) in [6.07, 6.45) is 0.142. The lowest BCUT2D eigenvalue weighted by molar-refractivity contribution is -0.569. The SMILES string of the molecule is CC(C)Oc1ccc([NH2+]CC(=O)[O-])cc1. The lowest BCUT2D eigenvalue weighted by Crippen LogP contribution is -2.81. The molecular weight excluding hydrogens is 194 g/mol. The van der Waals surface area contributed by atoms with E-state index >= 15 is 0 Å². The molecule has 1 rings (SSSR count). The summed E-state index contributed by atoms with van der Waals surface area (Å²) in [6.45, 7) is 3.84. The number of carbonyl (C=O) groups is 1. The van der Waals surface area contributed by atoms with Gasteiger partial charge < -0.3 is 20.0 Å². The smallest absolute Gasteiger partial charge is 0.130 e. The maximum Gasteiger partial charge on any atom is 0.130 e. The Hall–Kier alpha value is -1.55. The first-order valence-electron chi connectivity index (χ1n) is 4.87. The van der Waals surface area contributed by atoms with Crippen LogP contribution in [0, 0.1) is 0 Å². The van der Waals surface area contributed by atoms with Gasteiger partial charge in [-0.25, -0.2) is 0 Å². The zero-order chi connectivity index (χ0) is 11.3. The lowest BCUT2D eigenvalue weighted by Gasteiger charge is -2.09. The number of benzene rings is 1. The Morgan fingerprint density at radius 1 is 1.40 bits per heavy atom. The minimum Gasteiger partial charge on any atom is -0.544 e. The Kier molecular flexibility index (Phi) is 4.12. The van der Waals surface area contributed by atoms with E-state index in [-0.39, 0.29) is 12.6 Å². The van der Waals surface area contributed by atoms with Crippen LogP contribution in [0.1, 0.15) is 13.8 Å². The van der Waals surface area contributed by atoms with E-state index in [1.807, 2.05) is 38.1 Å². The molecule has 1 aromatic rings. The number of hydrogen-bond donors (Lipinski definition) is 1. The molecule has 1 aromatic carbocycles. The van der Waals surface area contributed by atoms with E-state index in [0.29, 0.717) is 0 Å². The molecule has 0 spiro atoms. The highest BCUT2D eigenvalue weighted by Crippen LogP contribution is 2.13. The first-order valence-corrected chi connectivity index (χ1v) is 4.87. The summed E-state index contributed by atoms with van der Waals surface area (Å²) >= 11 is 0. The first kappa shape index (κ1) is 11.5. The topological polar surface area (TPSA) is 66.0 Å². The van der Waals surface area contributed by atoms with E-state index in [4.69, 9.17) is 4.74 Å². The molecule has 0 aliphatic heterocycles. The van der Waals surface area contributed by atoms with Crippen molar-refractivity contribution in [1.29, 1.82) is 0 Å². The van der Waals surface area contributed by atoms with Crippen molar-refractivity contribution in [2.75, 3.05) is 6.54 Å². The third-order valence-corrected chi connectivity index (χ3v) is 1.76. The highest BCUT2D eigenvalue weighted by molar-refractivity contribution is 5.65. The predicted octanol–water partition coefficient (Wildman–Crippen LogP) is -0.581. The van der Waals surface area contributed by atoms with Gasteiger partial charge in [0.25, 0.3) is 0 Å². The van der Waals surface area contributed by atoms with E-state index < -0.39 is 5.97 Å². The van der Waals surface area contributed by atoms with Gasteiger partial charge in [-0.3, -0.25) is 0 Å². The van der Waals surface area contributed by atoms with Gasteiger partial charge in [-0.1, -0.05) is 0 Å². The Morgan fingerprint density at radius 2 is 2.00 bits per heavy atom. The molecule has 4 nitrogen and oxygen atoms in total. The van der Waals surface area contributed by atoms with Crippen LogP contribution in [-0.2, 0) is 4.79 Å². The highest BCUT2D eigenvalue weighted by atomic mass is 16.5. The van der Waals surface area contributed by atoms with E-state index in [1.165, 1.54) is 0 Å². The third-order valence-electron chi connectivity index (χ3n) is 1.76. The number of rotatable bonds is 5. The number of carboxylic acids is 1. The molecule has 15 heavy (non-hydrogen) atoms. The van der Waals surface area contributed by atoms with Crippen LogP contribution in [0.2, 0.25) is 0 Å². The van der Waals surface area contributed by atoms with E-state index in [0.717, 1.165) is 11.4 Å². The molecule has 0 heterocycles. The maximum absolute atomic E-state index is 10.2. The standard InChI is InChI=1S/C11H15NO3/c1-8(2)15-10-5-3-9(4-6-10)12-7-11(13)14/h3-6,8,12H,7H2,1-2H3,(H,13,14).